The lowest BCUT2D eigenvalue weighted by molar-refractivity contribution is -0.152. The second-order valence-electron chi connectivity index (χ2n) is 5.98. The van der Waals surface area contributed by atoms with Gasteiger partial charge in [0.1, 0.15) is 17.9 Å². The molecule has 0 heterocycles. The highest BCUT2D eigenvalue weighted by molar-refractivity contribution is 5.76. The Kier molecular flexibility index (Phi) is 5.62. The Morgan fingerprint density at radius 1 is 1.38 bits per heavy atom. The molecule has 0 aliphatic heterocycles. The first kappa shape index (κ1) is 15.8. The molecule has 1 aliphatic rings. The maximum atomic E-state index is 12.1. The van der Waals surface area contributed by atoms with E-state index in [0.717, 1.165) is 31.2 Å². The van der Waals surface area contributed by atoms with Crippen LogP contribution in [0.4, 0.5) is 0 Å². The third-order valence-corrected chi connectivity index (χ3v) is 4.29. The van der Waals surface area contributed by atoms with Gasteiger partial charge in [0, 0.05) is 0 Å². The number of ether oxygens (including phenoxy) is 1. The van der Waals surface area contributed by atoms with Gasteiger partial charge < -0.3 is 15.6 Å². The summed E-state index contributed by atoms with van der Waals surface area (Å²) < 4.78 is 5.57. The zero-order valence-electron chi connectivity index (χ0n) is 12.6. The lowest BCUT2D eigenvalue weighted by Gasteiger charge is -2.29. The SMILES string of the molecule is CCC1CCCC(OC(=O)C(N)Cc2ccc(O)cc2)C1. The summed E-state index contributed by atoms with van der Waals surface area (Å²) in [7, 11) is 0. The molecule has 3 N–H and O–H groups in total. The fraction of sp³-hybridized carbons (Fsp3) is 0.588. The van der Waals surface area contributed by atoms with Gasteiger partial charge in [0.2, 0.25) is 0 Å². The van der Waals surface area contributed by atoms with Gasteiger partial charge in [-0.1, -0.05) is 31.9 Å². The maximum Gasteiger partial charge on any atom is 0.323 e. The molecule has 21 heavy (non-hydrogen) atoms. The third-order valence-electron chi connectivity index (χ3n) is 4.29. The van der Waals surface area contributed by atoms with Gasteiger partial charge in [-0.3, -0.25) is 4.79 Å². The van der Waals surface area contributed by atoms with Crippen LogP contribution in [0.25, 0.3) is 0 Å². The number of hydrogen-bond donors (Lipinski definition) is 2. The average Bonchev–Trinajstić information content (AvgIpc) is 2.49. The predicted octanol–water partition coefficient (Wildman–Crippen LogP) is 2.77. The summed E-state index contributed by atoms with van der Waals surface area (Å²) in [6, 6.07) is 6.10. The van der Waals surface area contributed by atoms with Crippen LogP contribution in [0.2, 0.25) is 0 Å². The molecule has 0 spiro atoms. The van der Waals surface area contributed by atoms with Crippen molar-refractivity contribution >= 4 is 5.97 Å². The van der Waals surface area contributed by atoms with Gasteiger partial charge in [-0.05, 0) is 49.3 Å². The standard InChI is InChI=1S/C17H25NO3/c1-2-12-4-3-5-15(10-12)21-17(20)16(18)11-13-6-8-14(19)9-7-13/h6-9,12,15-16,19H,2-5,10-11,18H2,1H3. The number of esters is 1. The molecule has 0 bridgehead atoms. The molecule has 3 atom stereocenters. The Balaban J connectivity index is 1.83. The van der Waals surface area contributed by atoms with Crippen LogP contribution in [-0.4, -0.2) is 23.2 Å². The minimum atomic E-state index is -0.642. The summed E-state index contributed by atoms with van der Waals surface area (Å²) in [4.78, 5) is 12.1. The summed E-state index contributed by atoms with van der Waals surface area (Å²) in [6.07, 6.45) is 5.90. The molecule has 0 aromatic heterocycles. The van der Waals surface area contributed by atoms with Gasteiger partial charge in [0.05, 0.1) is 0 Å². The lowest BCUT2D eigenvalue weighted by Crippen LogP contribution is -2.38. The van der Waals surface area contributed by atoms with Gasteiger partial charge in [-0.25, -0.2) is 0 Å². The normalized spacial score (nSPS) is 23.5. The Labute approximate surface area is 126 Å². The molecule has 1 aromatic carbocycles. The van der Waals surface area contributed by atoms with Crippen molar-refractivity contribution < 1.29 is 14.6 Å². The minimum absolute atomic E-state index is 0.0297. The van der Waals surface area contributed by atoms with E-state index in [1.54, 1.807) is 24.3 Å². The van der Waals surface area contributed by atoms with E-state index in [1.165, 1.54) is 6.42 Å². The highest BCUT2D eigenvalue weighted by Crippen LogP contribution is 2.28. The van der Waals surface area contributed by atoms with Crippen LogP contribution in [0.3, 0.4) is 0 Å². The molecular formula is C17H25NO3. The van der Waals surface area contributed by atoms with Crippen molar-refractivity contribution in [1.82, 2.24) is 0 Å². The predicted molar refractivity (Wildman–Crippen MR) is 81.9 cm³/mol. The largest absolute Gasteiger partial charge is 0.508 e. The first-order chi connectivity index (χ1) is 10.1. The highest BCUT2D eigenvalue weighted by Gasteiger charge is 2.26. The van der Waals surface area contributed by atoms with Crippen molar-refractivity contribution in [1.29, 1.82) is 0 Å². The summed E-state index contributed by atoms with van der Waals surface area (Å²) in [5.74, 6) is 0.567. The first-order valence-corrected chi connectivity index (χ1v) is 7.82. The van der Waals surface area contributed by atoms with E-state index in [9.17, 15) is 9.90 Å². The van der Waals surface area contributed by atoms with Crippen LogP contribution in [0.15, 0.2) is 24.3 Å². The molecule has 0 radical (unpaired) electrons. The monoisotopic (exact) mass is 291 g/mol. The van der Waals surface area contributed by atoms with Crippen molar-refractivity contribution in [2.75, 3.05) is 0 Å². The molecular weight excluding hydrogens is 266 g/mol. The fourth-order valence-corrected chi connectivity index (χ4v) is 2.94. The first-order valence-electron chi connectivity index (χ1n) is 7.82. The van der Waals surface area contributed by atoms with Crippen LogP contribution in [0.5, 0.6) is 5.75 Å². The summed E-state index contributed by atoms with van der Waals surface area (Å²) in [6.45, 7) is 2.19. The second-order valence-corrected chi connectivity index (χ2v) is 5.98. The molecule has 116 valence electrons. The summed E-state index contributed by atoms with van der Waals surface area (Å²) >= 11 is 0. The van der Waals surface area contributed by atoms with Gasteiger partial charge in [0.25, 0.3) is 0 Å². The Morgan fingerprint density at radius 2 is 2.10 bits per heavy atom. The molecule has 1 aromatic rings. The topological polar surface area (TPSA) is 72.5 Å². The zero-order chi connectivity index (χ0) is 15.2. The Bertz CT molecular complexity index is 458. The van der Waals surface area contributed by atoms with E-state index in [1.807, 2.05) is 0 Å². The molecule has 3 unspecified atom stereocenters. The van der Waals surface area contributed by atoms with Crippen LogP contribution in [0, 0.1) is 5.92 Å². The zero-order valence-corrected chi connectivity index (χ0v) is 12.6. The lowest BCUT2D eigenvalue weighted by atomic mass is 9.85. The Hall–Kier alpha value is -1.55. The number of nitrogens with two attached hydrogens (primary N) is 1. The van der Waals surface area contributed by atoms with Crippen molar-refractivity contribution in [2.24, 2.45) is 11.7 Å². The van der Waals surface area contributed by atoms with Gasteiger partial charge >= 0.3 is 5.97 Å². The number of rotatable bonds is 5. The number of phenolic OH excluding ortho intramolecular Hbond substituents is 1. The Morgan fingerprint density at radius 3 is 2.76 bits per heavy atom. The van der Waals surface area contributed by atoms with Gasteiger partial charge in [0.15, 0.2) is 0 Å². The quantitative estimate of drug-likeness (QED) is 0.818. The second kappa shape index (κ2) is 7.46. The van der Waals surface area contributed by atoms with Crippen LogP contribution < -0.4 is 5.73 Å². The summed E-state index contributed by atoms with van der Waals surface area (Å²) in [5.41, 5.74) is 6.86. The average molecular weight is 291 g/mol. The summed E-state index contributed by atoms with van der Waals surface area (Å²) in [5, 5.41) is 9.24. The van der Waals surface area contributed by atoms with Gasteiger partial charge in [-0.15, -0.1) is 0 Å². The maximum absolute atomic E-state index is 12.1. The molecule has 4 nitrogen and oxygen atoms in total. The molecule has 1 aliphatic carbocycles. The number of carbonyl (C=O) groups is 1. The van der Waals surface area contributed by atoms with Crippen LogP contribution >= 0.6 is 0 Å². The van der Waals surface area contributed by atoms with Crippen molar-refractivity contribution in [3.8, 4) is 5.75 Å². The fourth-order valence-electron chi connectivity index (χ4n) is 2.94. The van der Waals surface area contributed by atoms with E-state index >= 15 is 0 Å². The molecule has 4 heteroatoms. The number of benzene rings is 1. The van der Waals surface area contributed by atoms with E-state index in [2.05, 4.69) is 6.92 Å². The van der Waals surface area contributed by atoms with E-state index in [-0.39, 0.29) is 17.8 Å². The van der Waals surface area contributed by atoms with Crippen molar-refractivity contribution in [3.05, 3.63) is 29.8 Å². The van der Waals surface area contributed by atoms with E-state index in [4.69, 9.17) is 10.5 Å². The van der Waals surface area contributed by atoms with Crippen molar-refractivity contribution in [2.45, 2.75) is 57.6 Å². The molecule has 0 amide bonds. The van der Waals surface area contributed by atoms with E-state index in [0.29, 0.717) is 12.3 Å². The molecule has 1 saturated carbocycles. The molecule has 1 fully saturated rings. The number of aromatic hydroxyl groups is 1. The number of hydrogen-bond acceptors (Lipinski definition) is 4. The van der Waals surface area contributed by atoms with Crippen LogP contribution in [-0.2, 0) is 16.0 Å². The molecule has 0 saturated heterocycles. The highest BCUT2D eigenvalue weighted by atomic mass is 16.5. The van der Waals surface area contributed by atoms with Crippen LogP contribution in [0.1, 0.15) is 44.6 Å². The van der Waals surface area contributed by atoms with Crippen molar-refractivity contribution in [3.63, 3.8) is 0 Å². The molecule has 2 rings (SSSR count). The smallest absolute Gasteiger partial charge is 0.323 e. The van der Waals surface area contributed by atoms with Gasteiger partial charge in [-0.2, -0.15) is 0 Å². The number of carbonyl (C=O) groups excluding carboxylic acids is 1. The minimum Gasteiger partial charge on any atom is -0.508 e. The van der Waals surface area contributed by atoms with E-state index < -0.39 is 6.04 Å². The number of phenols is 1. The third kappa shape index (κ3) is 4.74.